The molecule has 2 aromatic carbocycles. The Labute approximate surface area is 198 Å². The minimum Gasteiger partial charge on any atom is -0.387 e. The summed E-state index contributed by atoms with van der Waals surface area (Å²) in [4.78, 5) is 9.03. The van der Waals surface area contributed by atoms with Gasteiger partial charge in [-0.15, -0.1) is 0 Å². The van der Waals surface area contributed by atoms with Crippen LogP contribution in [0.25, 0.3) is 28.3 Å². The second-order valence-electron chi connectivity index (χ2n) is 9.90. The lowest BCUT2D eigenvalue weighted by Crippen LogP contribution is -2.46. The lowest BCUT2D eigenvalue weighted by atomic mass is 10.0. The Hall–Kier alpha value is -3.42. The van der Waals surface area contributed by atoms with Crippen molar-refractivity contribution in [2.45, 2.75) is 25.1 Å². The monoisotopic (exact) mass is 457 g/mol. The van der Waals surface area contributed by atoms with E-state index >= 15 is 0 Å². The van der Waals surface area contributed by atoms with Crippen molar-refractivity contribution < 1.29 is 9.50 Å². The van der Waals surface area contributed by atoms with Crippen LogP contribution in [0.5, 0.6) is 0 Å². The summed E-state index contributed by atoms with van der Waals surface area (Å²) in [5.74, 6) is 0.649. The highest BCUT2D eigenvalue weighted by molar-refractivity contribution is 5.72. The van der Waals surface area contributed by atoms with Crippen LogP contribution in [0.3, 0.4) is 0 Å². The number of imidazole rings is 1. The Morgan fingerprint density at radius 2 is 1.88 bits per heavy atom. The number of likely N-dealkylation sites (N-methyl/N-ethyl adjacent to an activating group) is 1. The number of benzene rings is 2. The minimum atomic E-state index is -0.772. The van der Waals surface area contributed by atoms with Crippen molar-refractivity contribution >= 4 is 5.69 Å². The molecule has 0 spiro atoms. The molecule has 0 saturated carbocycles. The fourth-order valence-corrected chi connectivity index (χ4v) is 5.51. The smallest absolute Gasteiger partial charge is 0.161 e. The zero-order chi connectivity index (χ0) is 23.6. The van der Waals surface area contributed by atoms with Crippen LogP contribution < -0.4 is 4.90 Å². The lowest BCUT2D eigenvalue weighted by Gasteiger charge is -2.29. The third-order valence-corrected chi connectivity index (χ3v) is 7.22. The van der Waals surface area contributed by atoms with E-state index in [9.17, 15) is 9.50 Å². The molecule has 1 saturated heterocycles. The van der Waals surface area contributed by atoms with E-state index in [4.69, 9.17) is 0 Å². The van der Waals surface area contributed by atoms with Crippen molar-refractivity contribution in [3.8, 4) is 28.3 Å². The molecule has 6 rings (SSSR count). The number of nitrogens with zero attached hydrogens (tertiary/aromatic N) is 5. The highest BCUT2D eigenvalue weighted by Gasteiger charge is 2.43. The van der Waals surface area contributed by atoms with Gasteiger partial charge in [0, 0.05) is 49.5 Å². The minimum absolute atomic E-state index is 0.0703. The third-order valence-electron chi connectivity index (χ3n) is 7.22. The molecule has 2 atom stereocenters. The van der Waals surface area contributed by atoms with Crippen LogP contribution in [0.15, 0.2) is 67.1 Å². The van der Waals surface area contributed by atoms with Crippen LogP contribution in [-0.4, -0.2) is 63.0 Å². The molecule has 1 fully saturated rings. The second kappa shape index (κ2) is 7.55. The largest absolute Gasteiger partial charge is 0.387 e. The summed E-state index contributed by atoms with van der Waals surface area (Å²) in [5, 5.41) is 11.0. The molecule has 0 unspecified atom stereocenters. The maximum Gasteiger partial charge on any atom is 0.161 e. The molecule has 2 aliphatic rings. The van der Waals surface area contributed by atoms with Crippen molar-refractivity contribution in [1.29, 1.82) is 0 Å². The van der Waals surface area contributed by atoms with Crippen LogP contribution in [-0.2, 0) is 6.54 Å². The average molecular weight is 458 g/mol. The van der Waals surface area contributed by atoms with Gasteiger partial charge in [-0.05, 0) is 68.5 Å². The summed E-state index contributed by atoms with van der Waals surface area (Å²) in [7, 11) is 4.04. The van der Waals surface area contributed by atoms with Crippen LogP contribution in [0, 0.1) is 5.82 Å². The second-order valence-corrected chi connectivity index (χ2v) is 9.90. The molecular formula is C27H28FN5O. The number of aliphatic hydroxyl groups is 1. The Morgan fingerprint density at radius 1 is 1.09 bits per heavy atom. The molecule has 6 nitrogen and oxygen atoms in total. The number of hydrogen-bond donors (Lipinski definition) is 1. The molecule has 4 aromatic rings. The molecule has 1 N–H and O–H groups in total. The molecule has 2 aromatic heterocycles. The van der Waals surface area contributed by atoms with E-state index in [1.807, 2.05) is 45.5 Å². The molecule has 34 heavy (non-hydrogen) atoms. The summed E-state index contributed by atoms with van der Waals surface area (Å²) in [5.41, 5.74) is 5.67. The van der Waals surface area contributed by atoms with E-state index in [2.05, 4.69) is 54.4 Å². The zero-order valence-electron chi connectivity index (χ0n) is 19.6. The molecule has 2 aliphatic heterocycles. The van der Waals surface area contributed by atoms with E-state index in [-0.39, 0.29) is 11.9 Å². The van der Waals surface area contributed by atoms with Gasteiger partial charge in [0.15, 0.2) is 5.82 Å². The van der Waals surface area contributed by atoms with Crippen molar-refractivity contribution in [3.05, 3.63) is 78.5 Å². The number of β-amino-alcohol motifs (C(OH)–C–C–N with tert-alkyl or cyclic N) is 1. The van der Waals surface area contributed by atoms with Crippen LogP contribution >= 0.6 is 0 Å². The molecule has 0 radical (unpaired) electrons. The summed E-state index contributed by atoms with van der Waals surface area (Å²) in [6.45, 7) is 3.99. The molecule has 4 heterocycles. The van der Waals surface area contributed by atoms with Gasteiger partial charge in [0.25, 0.3) is 0 Å². The SMILES string of the molecule is CN(C)[C@@H]1CN(c2ccc3c(c2)Cn2cc(-c4ccc(F)cc4)cc2-c2nccn2-3)C[C@]1(C)O. The van der Waals surface area contributed by atoms with E-state index in [0.717, 1.165) is 40.6 Å². The Bertz CT molecular complexity index is 1370. The summed E-state index contributed by atoms with van der Waals surface area (Å²) in [6.07, 6.45) is 5.94. The number of hydrogen-bond acceptors (Lipinski definition) is 4. The highest BCUT2D eigenvalue weighted by Crippen LogP contribution is 2.36. The van der Waals surface area contributed by atoms with E-state index in [0.29, 0.717) is 13.1 Å². The predicted octanol–water partition coefficient (Wildman–Crippen LogP) is 4.01. The third kappa shape index (κ3) is 3.35. The quantitative estimate of drug-likeness (QED) is 0.445. The fourth-order valence-electron chi connectivity index (χ4n) is 5.51. The maximum absolute atomic E-state index is 13.4. The van der Waals surface area contributed by atoms with Crippen molar-refractivity contribution in [3.63, 3.8) is 0 Å². The Kier molecular flexibility index (Phi) is 4.69. The first-order valence-corrected chi connectivity index (χ1v) is 11.6. The lowest BCUT2D eigenvalue weighted by molar-refractivity contribution is 0.0186. The van der Waals surface area contributed by atoms with Crippen molar-refractivity contribution in [2.24, 2.45) is 0 Å². The van der Waals surface area contributed by atoms with Gasteiger partial charge >= 0.3 is 0 Å². The molecular weight excluding hydrogens is 429 g/mol. The van der Waals surface area contributed by atoms with E-state index in [1.54, 1.807) is 0 Å². The average Bonchev–Trinajstić information content (AvgIpc) is 3.49. The number of rotatable bonds is 3. The molecule has 0 amide bonds. The highest BCUT2D eigenvalue weighted by atomic mass is 19.1. The van der Waals surface area contributed by atoms with Crippen molar-refractivity contribution in [2.75, 3.05) is 32.1 Å². The summed E-state index contributed by atoms with van der Waals surface area (Å²) < 4.78 is 17.8. The van der Waals surface area contributed by atoms with Gasteiger partial charge in [-0.25, -0.2) is 9.37 Å². The van der Waals surface area contributed by atoms with E-state index < -0.39 is 5.60 Å². The van der Waals surface area contributed by atoms with Crippen molar-refractivity contribution in [1.82, 2.24) is 19.0 Å². The van der Waals surface area contributed by atoms with Crippen LogP contribution in [0.4, 0.5) is 10.1 Å². The number of fused-ring (bicyclic) bond motifs is 5. The zero-order valence-corrected chi connectivity index (χ0v) is 19.6. The number of anilines is 1. The van der Waals surface area contributed by atoms with Gasteiger partial charge in [0.2, 0.25) is 0 Å². The van der Waals surface area contributed by atoms with Crippen LogP contribution in [0.1, 0.15) is 12.5 Å². The fraction of sp³-hybridized carbons (Fsp3) is 0.296. The van der Waals surface area contributed by atoms with Gasteiger partial charge in [-0.2, -0.15) is 0 Å². The van der Waals surface area contributed by atoms with E-state index in [1.165, 1.54) is 17.7 Å². The first-order valence-electron chi connectivity index (χ1n) is 11.6. The Morgan fingerprint density at radius 3 is 2.62 bits per heavy atom. The number of aromatic nitrogens is 3. The van der Waals surface area contributed by atoms with Gasteiger partial charge in [-0.3, -0.25) is 4.57 Å². The first kappa shape index (κ1) is 21.1. The Balaban J connectivity index is 1.41. The number of halogens is 1. The maximum atomic E-state index is 13.4. The summed E-state index contributed by atoms with van der Waals surface area (Å²) in [6, 6.07) is 15.3. The normalized spacial score (nSPS) is 21.4. The summed E-state index contributed by atoms with van der Waals surface area (Å²) >= 11 is 0. The first-order chi connectivity index (χ1) is 16.3. The topological polar surface area (TPSA) is 49.5 Å². The molecule has 0 aliphatic carbocycles. The van der Waals surface area contributed by atoms with Crippen LogP contribution in [0.2, 0.25) is 0 Å². The van der Waals surface area contributed by atoms with Gasteiger partial charge in [0.05, 0.1) is 23.0 Å². The predicted molar refractivity (Wildman–Crippen MR) is 132 cm³/mol. The standard InChI is InChI=1S/C27H28FN5O/c1-27(34)17-32(16-25(27)30(2)3)22-8-9-23-20(12-22)15-31-14-19(18-4-6-21(28)7-5-18)13-24(31)26-29-10-11-33(23)26/h4-14,25,34H,15-17H2,1-3H3/t25-,27+/m1/s1. The molecule has 174 valence electrons. The molecule has 7 heteroatoms. The molecule has 0 bridgehead atoms. The van der Waals surface area contributed by atoms with Gasteiger partial charge in [-0.1, -0.05) is 12.1 Å². The van der Waals surface area contributed by atoms with Gasteiger partial charge in [0.1, 0.15) is 5.82 Å². The van der Waals surface area contributed by atoms with Gasteiger partial charge < -0.3 is 19.5 Å².